The maximum Gasteiger partial charge on any atom is 0.150 e. The van der Waals surface area contributed by atoms with Gasteiger partial charge in [-0.15, -0.1) is 0 Å². The molecule has 0 atom stereocenters. The number of hydrogen-bond donors (Lipinski definition) is 1. The van der Waals surface area contributed by atoms with Crippen LogP contribution in [0.3, 0.4) is 0 Å². The second-order valence-corrected chi connectivity index (χ2v) is 5.43. The highest BCUT2D eigenvalue weighted by atomic mass is 127. The van der Waals surface area contributed by atoms with E-state index in [0.29, 0.717) is 5.56 Å². The Kier molecular flexibility index (Phi) is 3.19. The highest BCUT2D eigenvalue weighted by molar-refractivity contribution is 14.1. The average molecular weight is 304 g/mol. The van der Waals surface area contributed by atoms with Crippen LogP contribution in [0.1, 0.15) is 36.7 Å². The topological polar surface area (TPSA) is 37.3 Å². The normalized spacial score (nSPS) is 11.4. The first-order chi connectivity index (χ1) is 6.36. The van der Waals surface area contributed by atoms with Crippen LogP contribution in [0.4, 0.5) is 0 Å². The van der Waals surface area contributed by atoms with Crippen LogP contribution in [0.5, 0.6) is 5.75 Å². The molecule has 0 aliphatic carbocycles. The summed E-state index contributed by atoms with van der Waals surface area (Å²) in [5, 5.41) is 9.83. The van der Waals surface area contributed by atoms with Gasteiger partial charge in [0.2, 0.25) is 0 Å². The summed E-state index contributed by atoms with van der Waals surface area (Å²) in [6, 6.07) is 3.42. The second-order valence-electron chi connectivity index (χ2n) is 4.27. The fraction of sp³-hybridized carbons (Fsp3) is 0.364. The first-order valence-corrected chi connectivity index (χ1v) is 5.42. The van der Waals surface area contributed by atoms with Crippen molar-refractivity contribution in [1.29, 1.82) is 0 Å². The molecule has 0 saturated heterocycles. The lowest BCUT2D eigenvalue weighted by molar-refractivity contribution is 0.112. The predicted octanol–water partition coefficient (Wildman–Crippen LogP) is 3.11. The van der Waals surface area contributed by atoms with E-state index in [9.17, 15) is 9.90 Å². The smallest absolute Gasteiger partial charge is 0.150 e. The zero-order chi connectivity index (χ0) is 10.9. The molecule has 0 heterocycles. The summed E-state index contributed by atoms with van der Waals surface area (Å²) in [6.45, 7) is 6.02. The van der Waals surface area contributed by atoms with E-state index < -0.39 is 0 Å². The van der Waals surface area contributed by atoms with Gasteiger partial charge in [-0.2, -0.15) is 0 Å². The molecular formula is C11H13IO2. The van der Waals surface area contributed by atoms with Gasteiger partial charge in [0.25, 0.3) is 0 Å². The lowest BCUT2D eigenvalue weighted by Gasteiger charge is -2.21. The molecule has 2 nitrogen and oxygen atoms in total. The first kappa shape index (κ1) is 11.5. The minimum absolute atomic E-state index is 0.150. The Balaban J connectivity index is 3.42. The number of halogens is 1. The van der Waals surface area contributed by atoms with Crippen molar-refractivity contribution in [2.45, 2.75) is 26.2 Å². The van der Waals surface area contributed by atoms with E-state index in [1.54, 1.807) is 12.1 Å². The van der Waals surface area contributed by atoms with E-state index in [1.165, 1.54) is 0 Å². The van der Waals surface area contributed by atoms with E-state index >= 15 is 0 Å². The van der Waals surface area contributed by atoms with Gasteiger partial charge in [0.05, 0.1) is 3.57 Å². The van der Waals surface area contributed by atoms with Gasteiger partial charge >= 0.3 is 0 Å². The Morgan fingerprint density at radius 3 is 2.36 bits per heavy atom. The number of aldehydes is 1. The molecule has 1 aromatic rings. The molecule has 0 aromatic heterocycles. The quantitative estimate of drug-likeness (QED) is 0.639. The van der Waals surface area contributed by atoms with Gasteiger partial charge in [0.1, 0.15) is 12.0 Å². The van der Waals surface area contributed by atoms with E-state index in [4.69, 9.17) is 0 Å². The van der Waals surface area contributed by atoms with Crippen LogP contribution < -0.4 is 0 Å². The van der Waals surface area contributed by atoms with Gasteiger partial charge in [0, 0.05) is 11.1 Å². The predicted molar refractivity (Wildman–Crippen MR) is 64.9 cm³/mol. The summed E-state index contributed by atoms with van der Waals surface area (Å²) in [7, 11) is 0. The van der Waals surface area contributed by atoms with E-state index in [2.05, 4.69) is 0 Å². The Morgan fingerprint density at radius 1 is 1.36 bits per heavy atom. The van der Waals surface area contributed by atoms with Crippen LogP contribution in [0.25, 0.3) is 0 Å². The van der Waals surface area contributed by atoms with Gasteiger partial charge in [-0.25, -0.2) is 0 Å². The SMILES string of the molecule is CC(C)(C)c1cc(C=O)cc(I)c1O. The maximum absolute atomic E-state index is 10.7. The third-order valence-corrected chi connectivity index (χ3v) is 2.85. The first-order valence-electron chi connectivity index (χ1n) is 4.34. The summed E-state index contributed by atoms with van der Waals surface area (Å²) in [6.07, 6.45) is 0.802. The van der Waals surface area contributed by atoms with Crippen LogP contribution in [0, 0.1) is 3.57 Å². The van der Waals surface area contributed by atoms with Gasteiger partial charge in [-0.1, -0.05) is 20.8 Å². The number of benzene rings is 1. The van der Waals surface area contributed by atoms with Crippen molar-refractivity contribution in [2.75, 3.05) is 0 Å². The van der Waals surface area contributed by atoms with Crippen molar-refractivity contribution in [3.05, 3.63) is 26.8 Å². The molecule has 14 heavy (non-hydrogen) atoms. The highest BCUT2D eigenvalue weighted by Crippen LogP contribution is 2.34. The van der Waals surface area contributed by atoms with Gasteiger partial charge in [0.15, 0.2) is 0 Å². The van der Waals surface area contributed by atoms with Gasteiger partial charge in [-0.3, -0.25) is 4.79 Å². The van der Waals surface area contributed by atoms with Gasteiger partial charge in [-0.05, 0) is 40.1 Å². The lowest BCUT2D eigenvalue weighted by atomic mass is 9.85. The third kappa shape index (κ3) is 2.26. The van der Waals surface area contributed by atoms with Crippen LogP contribution >= 0.6 is 22.6 Å². The van der Waals surface area contributed by atoms with Crippen LogP contribution in [-0.2, 0) is 5.41 Å². The molecular weight excluding hydrogens is 291 g/mol. The molecule has 0 saturated carbocycles. The lowest BCUT2D eigenvalue weighted by Crippen LogP contribution is -2.12. The second kappa shape index (κ2) is 3.88. The zero-order valence-electron chi connectivity index (χ0n) is 8.47. The van der Waals surface area contributed by atoms with Crippen molar-refractivity contribution in [3.63, 3.8) is 0 Å². The fourth-order valence-electron chi connectivity index (χ4n) is 1.26. The number of phenolic OH excluding ortho intramolecular Hbond substituents is 1. The summed E-state index contributed by atoms with van der Waals surface area (Å²) in [4.78, 5) is 10.7. The highest BCUT2D eigenvalue weighted by Gasteiger charge is 2.20. The molecule has 0 fully saturated rings. The van der Waals surface area contributed by atoms with E-state index in [0.717, 1.165) is 15.4 Å². The monoisotopic (exact) mass is 304 g/mol. The van der Waals surface area contributed by atoms with Crippen LogP contribution in [-0.4, -0.2) is 11.4 Å². The minimum Gasteiger partial charge on any atom is -0.507 e. The number of carbonyl (C=O) groups excluding carboxylic acids is 1. The third-order valence-electron chi connectivity index (χ3n) is 2.03. The Hall–Kier alpha value is -0.580. The zero-order valence-corrected chi connectivity index (χ0v) is 10.6. The standard InChI is InChI=1S/C11H13IO2/c1-11(2,3)8-4-7(6-13)5-9(12)10(8)14/h4-6,14H,1-3H3. The van der Waals surface area contributed by atoms with Crippen molar-refractivity contribution >= 4 is 28.9 Å². The number of aromatic hydroxyl groups is 1. The molecule has 76 valence electrons. The molecule has 0 amide bonds. The number of carbonyl (C=O) groups is 1. The summed E-state index contributed by atoms with van der Waals surface area (Å²) in [5.41, 5.74) is 1.27. The minimum atomic E-state index is -0.150. The molecule has 0 aliphatic rings. The molecule has 0 aliphatic heterocycles. The molecule has 3 heteroatoms. The van der Waals surface area contributed by atoms with Crippen LogP contribution in [0.2, 0.25) is 0 Å². The number of rotatable bonds is 1. The maximum atomic E-state index is 10.7. The Bertz CT molecular complexity index is 364. The molecule has 1 aromatic carbocycles. The summed E-state index contributed by atoms with van der Waals surface area (Å²) in [5.74, 6) is 0.281. The Morgan fingerprint density at radius 2 is 1.93 bits per heavy atom. The molecule has 0 bridgehead atoms. The van der Waals surface area contributed by atoms with Gasteiger partial charge < -0.3 is 5.11 Å². The van der Waals surface area contributed by atoms with E-state index in [-0.39, 0.29) is 11.2 Å². The summed E-state index contributed by atoms with van der Waals surface area (Å²) < 4.78 is 0.720. The molecule has 0 unspecified atom stereocenters. The molecule has 0 spiro atoms. The van der Waals surface area contributed by atoms with E-state index in [1.807, 2.05) is 43.4 Å². The fourth-order valence-corrected chi connectivity index (χ4v) is 1.91. The van der Waals surface area contributed by atoms with Crippen LogP contribution in [0.15, 0.2) is 12.1 Å². The largest absolute Gasteiger partial charge is 0.507 e. The van der Waals surface area contributed by atoms with Crippen molar-refractivity contribution in [3.8, 4) is 5.75 Å². The molecule has 1 rings (SSSR count). The average Bonchev–Trinajstić information content (AvgIpc) is 2.07. The Labute approximate surface area is 97.5 Å². The molecule has 0 radical (unpaired) electrons. The number of phenols is 1. The number of hydrogen-bond acceptors (Lipinski definition) is 2. The van der Waals surface area contributed by atoms with Crippen molar-refractivity contribution in [2.24, 2.45) is 0 Å². The molecule has 1 N–H and O–H groups in total. The van der Waals surface area contributed by atoms with Crippen molar-refractivity contribution in [1.82, 2.24) is 0 Å². The summed E-state index contributed by atoms with van der Waals surface area (Å²) >= 11 is 2.03. The van der Waals surface area contributed by atoms with Crippen molar-refractivity contribution < 1.29 is 9.90 Å².